The Balaban J connectivity index is 1.83. The minimum atomic E-state index is -3.74. The Kier molecular flexibility index (Phi) is 2.99. The summed E-state index contributed by atoms with van der Waals surface area (Å²) >= 11 is 0. The highest BCUT2D eigenvalue weighted by Crippen LogP contribution is 2.35. The molecule has 3 atom stereocenters. The lowest BCUT2D eigenvalue weighted by molar-refractivity contribution is 0.0996. The predicted octanol–water partition coefficient (Wildman–Crippen LogP) is 1.01. The fraction of sp³-hybridized carbons (Fsp3) is 0.500. The van der Waals surface area contributed by atoms with Crippen LogP contribution < -0.4 is 10.5 Å². The van der Waals surface area contributed by atoms with Gasteiger partial charge in [-0.15, -0.1) is 0 Å². The van der Waals surface area contributed by atoms with Crippen molar-refractivity contribution in [1.29, 1.82) is 0 Å². The number of ether oxygens (including phenoxy) is 1. The molecule has 0 aromatic heterocycles. The maximum absolute atomic E-state index is 12.9. The predicted molar refractivity (Wildman–Crippen MR) is 67.4 cm³/mol. The maximum Gasteiger partial charge on any atom is 0.242 e. The van der Waals surface area contributed by atoms with Gasteiger partial charge in [0, 0.05) is 0 Å². The van der Waals surface area contributed by atoms with E-state index in [2.05, 4.69) is 4.72 Å². The molecule has 3 N–H and O–H groups in total. The van der Waals surface area contributed by atoms with Crippen LogP contribution in [0.5, 0.6) is 0 Å². The number of nitrogens with two attached hydrogens (primary N) is 1. The van der Waals surface area contributed by atoms with Crippen molar-refractivity contribution >= 4 is 15.7 Å². The second kappa shape index (κ2) is 4.43. The van der Waals surface area contributed by atoms with E-state index >= 15 is 0 Å². The molecule has 1 aromatic rings. The molecule has 0 radical (unpaired) electrons. The highest BCUT2D eigenvalue weighted by Gasteiger charge is 2.42. The summed E-state index contributed by atoms with van der Waals surface area (Å²) in [4.78, 5) is -0.0864. The van der Waals surface area contributed by atoms with E-state index in [4.69, 9.17) is 10.5 Å². The molecule has 2 aliphatic rings. The molecule has 0 aliphatic carbocycles. The van der Waals surface area contributed by atoms with Crippen LogP contribution in [0.25, 0.3) is 0 Å². The van der Waals surface area contributed by atoms with Gasteiger partial charge in [-0.05, 0) is 37.5 Å². The average Bonchev–Trinajstić information content (AvgIpc) is 2.89. The normalized spacial score (nSPS) is 29.8. The minimum absolute atomic E-state index is 0.0542. The lowest BCUT2D eigenvalue weighted by Crippen LogP contribution is -2.41. The number of sulfonamides is 1. The maximum atomic E-state index is 12.9. The third-order valence-electron chi connectivity index (χ3n) is 3.67. The Bertz CT molecular complexity index is 605. The van der Waals surface area contributed by atoms with Crippen LogP contribution in [0.3, 0.4) is 0 Å². The van der Waals surface area contributed by atoms with E-state index in [1.54, 1.807) is 0 Å². The summed E-state index contributed by atoms with van der Waals surface area (Å²) in [5.41, 5.74) is 5.48. The van der Waals surface area contributed by atoms with E-state index in [0.29, 0.717) is 6.42 Å². The van der Waals surface area contributed by atoms with Gasteiger partial charge in [-0.2, -0.15) is 0 Å². The molecule has 104 valence electrons. The first kappa shape index (κ1) is 12.8. The zero-order valence-electron chi connectivity index (χ0n) is 10.2. The highest BCUT2D eigenvalue weighted by atomic mass is 32.2. The summed E-state index contributed by atoms with van der Waals surface area (Å²) in [6.07, 6.45) is 2.65. The smallest absolute Gasteiger partial charge is 0.242 e. The molecule has 1 aromatic carbocycles. The topological polar surface area (TPSA) is 81.4 Å². The van der Waals surface area contributed by atoms with Crippen LogP contribution in [0, 0.1) is 5.82 Å². The van der Waals surface area contributed by atoms with Gasteiger partial charge in [0.25, 0.3) is 0 Å². The van der Waals surface area contributed by atoms with Gasteiger partial charge < -0.3 is 10.5 Å². The van der Waals surface area contributed by atoms with Crippen molar-refractivity contribution in [2.45, 2.75) is 42.4 Å². The first-order chi connectivity index (χ1) is 8.95. The Labute approximate surface area is 111 Å². The van der Waals surface area contributed by atoms with Gasteiger partial charge >= 0.3 is 0 Å². The third kappa shape index (κ3) is 2.33. The van der Waals surface area contributed by atoms with Crippen molar-refractivity contribution in [3.05, 3.63) is 24.0 Å². The molecule has 19 heavy (non-hydrogen) atoms. The second-order valence-electron chi connectivity index (χ2n) is 5.02. The molecule has 3 rings (SSSR count). The number of hydrogen-bond donors (Lipinski definition) is 2. The molecule has 5 nitrogen and oxygen atoms in total. The third-order valence-corrected chi connectivity index (χ3v) is 5.24. The molecule has 0 saturated carbocycles. The fourth-order valence-electron chi connectivity index (χ4n) is 2.79. The zero-order valence-corrected chi connectivity index (χ0v) is 11.0. The summed E-state index contributed by atoms with van der Waals surface area (Å²) < 4.78 is 45.6. The number of fused-ring (bicyclic) bond motifs is 2. The van der Waals surface area contributed by atoms with Crippen molar-refractivity contribution in [2.75, 3.05) is 5.73 Å². The number of halogens is 1. The number of rotatable bonds is 3. The van der Waals surface area contributed by atoms with E-state index in [9.17, 15) is 12.8 Å². The van der Waals surface area contributed by atoms with E-state index < -0.39 is 15.8 Å². The minimum Gasteiger partial charge on any atom is -0.398 e. The first-order valence-electron chi connectivity index (χ1n) is 6.18. The Morgan fingerprint density at radius 2 is 2.16 bits per heavy atom. The molecule has 2 heterocycles. The van der Waals surface area contributed by atoms with Crippen molar-refractivity contribution in [2.24, 2.45) is 0 Å². The van der Waals surface area contributed by atoms with Crippen molar-refractivity contribution in [1.82, 2.24) is 4.72 Å². The number of benzene rings is 1. The number of anilines is 1. The van der Waals surface area contributed by atoms with E-state index in [0.717, 1.165) is 25.0 Å². The molecule has 3 unspecified atom stereocenters. The van der Waals surface area contributed by atoms with Gasteiger partial charge in [-0.25, -0.2) is 17.5 Å². The first-order valence-corrected chi connectivity index (χ1v) is 7.67. The number of hydrogen-bond acceptors (Lipinski definition) is 4. The van der Waals surface area contributed by atoms with Crippen LogP contribution in [-0.4, -0.2) is 26.7 Å². The van der Waals surface area contributed by atoms with E-state index in [-0.39, 0.29) is 28.8 Å². The lowest BCUT2D eigenvalue weighted by Gasteiger charge is -2.20. The summed E-state index contributed by atoms with van der Waals surface area (Å²) in [5, 5.41) is 0. The van der Waals surface area contributed by atoms with Crippen LogP contribution in [-0.2, 0) is 14.8 Å². The van der Waals surface area contributed by atoms with Crippen LogP contribution >= 0.6 is 0 Å². The Morgan fingerprint density at radius 3 is 2.74 bits per heavy atom. The van der Waals surface area contributed by atoms with Gasteiger partial charge in [0.2, 0.25) is 10.0 Å². The monoisotopic (exact) mass is 286 g/mol. The number of nitrogen functional groups attached to an aromatic ring is 1. The zero-order chi connectivity index (χ0) is 13.6. The molecular formula is C12H15FN2O3S. The summed E-state index contributed by atoms with van der Waals surface area (Å²) in [6.45, 7) is 0. The lowest BCUT2D eigenvalue weighted by atomic mass is 9.96. The Hall–Kier alpha value is -1.18. The van der Waals surface area contributed by atoms with Crippen molar-refractivity contribution < 1.29 is 17.5 Å². The van der Waals surface area contributed by atoms with Gasteiger partial charge in [0.15, 0.2) is 0 Å². The molecule has 2 bridgehead atoms. The second-order valence-corrected chi connectivity index (χ2v) is 6.70. The van der Waals surface area contributed by atoms with Gasteiger partial charge in [-0.1, -0.05) is 0 Å². The molecule has 0 spiro atoms. The van der Waals surface area contributed by atoms with Crippen LogP contribution in [0.4, 0.5) is 10.1 Å². The molecule has 2 aliphatic heterocycles. The summed E-state index contributed by atoms with van der Waals surface area (Å²) in [5.74, 6) is -0.556. The van der Waals surface area contributed by atoms with Gasteiger partial charge in [0.1, 0.15) is 10.7 Å². The largest absolute Gasteiger partial charge is 0.398 e. The van der Waals surface area contributed by atoms with E-state index in [1.807, 2.05) is 0 Å². The summed E-state index contributed by atoms with van der Waals surface area (Å²) in [6, 6.07) is 3.06. The number of nitrogens with one attached hydrogen (secondary N) is 1. The molecular weight excluding hydrogens is 271 g/mol. The molecule has 0 amide bonds. The SMILES string of the molecule is Nc1cc(F)ccc1S(=O)(=O)NC1CC2CCC1O2. The average molecular weight is 286 g/mol. The van der Waals surface area contributed by atoms with Crippen LogP contribution in [0.2, 0.25) is 0 Å². The highest BCUT2D eigenvalue weighted by molar-refractivity contribution is 7.89. The van der Waals surface area contributed by atoms with E-state index in [1.165, 1.54) is 6.07 Å². The van der Waals surface area contributed by atoms with Gasteiger partial charge in [0.05, 0.1) is 23.9 Å². The Morgan fingerprint density at radius 1 is 1.37 bits per heavy atom. The molecule has 7 heteroatoms. The molecule has 2 fully saturated rings. The quantitative estimate of drug-likeness (QED) is 0.812. The standard InChI is InChI=1S/C12H15FN2O3S/c13-7-1-4-12(9(14)5-7)19(16,17)15-10-6-8-2-3-11(10)18-8/h1,4-5,8,10-11,15H,2-3,6,14H2. The van der Waals surface area contributed by atoms with Crippen molar-refractivity contribution in [3.8, 4) is 0 Å². The molecule has 2 saturated heterocycles. The van der Waals surface area contributed by atoms with Crippen LogP contribution in [0.1, 0.15) is 19.3 Å². The van der Waals surface area contributed by atoms with Crippen LogP contribution in [0.15, 0.2) is 23.1 Å². The summed E-state index contributed by atoms with van der Waals surface area (Å²) in [7, 11) is -3.74. The van der Waals surface area contributed by atoms with Crippen molar-refractivity contribution in [3.63, 3.8) is 0 Å². The van der Waals surface area contributed by atoms with Gasteiger partial charge in [-0.3, -0.25) is 0 Å². The fourth-order valence-corrected chi connectivity index (χ4v) is 4.18.